The molecule has 8 heteroatoms. The van der Waals surface area contributed by atoms with Crippen LogP contribution in [-0.4, -0.2) is 33.0 Å². The van der Waals surface area contributed by atoms with Gasteiger partial charge in [-0.2, -0.15) is 18.3 Å². The molecule has 4 rings (SSSR count). The summed E-state index contributed by atoms with van der Waals surface area (Å²) in [6.45, 7) is -1.18. The lowest BCUT2D eigenvalue weighted by Crippen LogP contribution is -2.17. The van der Waals surface area contributed by atoms with E-state index in [0.717, 1.165) is 4.68 Å². The first-order valence-corrected chi connectivity index (χ1v) is 8.35. The van der Waals surface area contributed by atoms with Crippen LogP contribution in [0.25, 0.3) is 33.4 Å². The maximum atomic E-state index is 12.9. The SMILES string of the molecule is COc1[c]cc2c(-c3cn(CC(F)(F)F)nc3-c3ccccc3)ncnc2c1. The van der Waals surface area contributed by atoms with Gasteiger partial charge in [0, 0.05) is 34.8 Å². The van der Waals surface area contributed by atoms with Gasteiger partial charge in [0.2, 0.25) is 0 Å². The number of methoxy groups -OCH3 is 1. The highest BCUT2D eigenvalue weighted by Crippen LogP contribution is 2.34. The van der Waals surface area contributed by atoms with Crippen LogP contribution in [0.5, 0.6) is 5.75 Å². The third-order valence-electron chi connectivity index (χ3n) is 4.17. The summed E-state index contributed by atoms with van der Waals surface area (Å²) in [5, 5.41) is 4.83. The Hall–Kier alpha value is -3.42. The van der Waals surface area contributed by atoms with Crippen LogP contribution < -0.4 is 4.74 Å². The first-order valence-electron chi connectivity index (χ1n) is 8.35. The van der Waals surface area contributed by atoms with E-state index in [1.54, 1.807) is 36.4 Å². The van der Waals surface area contributed by atoms with Crippen molar-refractivity contribution in [2.24, 2.45) is 0 Å². The number of nitrogens with zero attached hydrogens (tertiary/aromatic N) is 4. The number of ether oxygens (including phenoxy) is 1. The lowest BCUT2D eigenvalue weighted by molar-refractivity contribution is -0.142. The van der Waals surface area contributed by atoms with E-state index < -0.39 is 12.7 Å². The van der Waals surface area contributed by atoms with Crippen molar-refractivity contribution >= 4 is 10.9 Å². The highest BCUT2D eigenvalue weighted by Gasteiger charge is 2.29. The zero-order valence-electron chi connectivity index (χ0n) is 14.7. The summed E-state index contributed by atoms with van der Waals surface area (Å²) in [6, 6.07) is 15.4. The molecule has 2 heterocycles. The molecule has 4 aromatic rings. The lowest BCUT2D eigenvalue weighted by Gasteiger charge is -2.07. The minimum Gasteiger partial charge on any atom is -0.496 e. The number of rotatable bonds is 4. The molecule has 1 radical (unpaired) electrons. The molecule has 0 amide bonds. The van der Waals surface area contributed by atoms with Crippen LogP contribution in [0.3, 0.4) is 0 Å². The predicted octanol–water partition coefficient (Wildman–Crippen LogP) is 4.53. The third kappa shape index (κ3) is 3.53. The van der Waals surface area contributed by atoms with E-state index in [2.05, 4.69) is 21.1 Å². The molecule has 0 aliphatic rings. The van der Waals surface area contributed by atoms with Crippen LogP contribution in [0.15, 0.2) is 55.0 Å². The fourth-order valence-electron chi connectivity index (χ4n) is 2.98. The number of aromatic nitrogens is 4. The Morgan fingerprint density at radius 3 is 2.61 bits per heavy atom. The Bertz CT molecular complexity index is 1120. The summed E-state index contributed by atoms with van der Waals surface area (Å²) in [5.74, 6) is 0.508. The van der Waals surface area contributed by atoms with Gasteiger partial charge in [0.05, 0.1) is 18.3 Å². The fourth-order valence-corrected chi connectivity index (χ4v) is 2.98. The number of benzene rings is 2. The van der Waals surface area contributed by atoms with Gasteiger partial charge in [-0.05, 0) is 6.07 Å². The highest BCUT2D eigenvalue weighted by molar-refractivity contribution is 5.96. The Morgan fingerprint density at radius 1 is 1.11 bits per heavy atom. The first-order chi connectivity index (χ1) is 13.4. The molecule has 0 saturated heterocycles. The van der Waals surface area contributed by atoms with Gasteiger partial charge in [-0.25, -0.2) is 9.97 Å². The van der Waals surface area contributed by atoms with Crippen LogP contribution in [-0.2, 0) is 6.54 Å². The average molecular weight is 383 g/mol. The second-order valence-electron chi connectivity index (χ2n) is 6.09. The Labute approximate surface area is 158 Å². The summed E-state index contributed by atoms with van der Waals surface area (Å²) in [5.41, 5.74) is 2.68. The van der Waals surface area contributed by atoms with Crippen molar-refractivity contribution in [2.45, 2.75) is 12.7 Å². The molecule has 0 spiro atoms. The van der Waals surface area contributed by atoms with Gasteiger partial charge in [-0.1, -0.05) is 30.3 Å². The van der Waals surface area contributed by atoms with Crippen LogP contribution in [0.4, 0.5) is 13.2 Å². The minimum absolute atomic E-state index is 0.417. The summed E-state index contributed by atoms with van der Waals surface area (Å²) in [6.07, 6.45) is -1.65. The predicted molar refractivity (Wildman–Crippen MR) is 97.6 cm³/mol. The smallest absolute Gasteiger partial charge is 0.408 e. The third-order valence-corrected chi connectivity index (χ3v) is 4.17. The topological polar surface area (TPSA) is 52.8 Å². The molecular formula is C20H14F3N4O. The molecule has 0 fully saturated rings. The lowest BCUT2D eigenvalue weighted by atomic mass is 10.0. The molecule has 141 valence electrons. The molecule has 0 N–H and O–H groups in total. The number of hydrogen-bond donors (Lipinski definition) is 0. The highest BCUT2D eigenvalue weighted by atomic mass is 19.4. The molecule has 0 unspecified atom stereocenters. The molecule has 28 heavy (non-hydrogen) atoms. The maximum Gasteiger partial charge on any atom is 0.408 e. The van der Waals surface area contributed by atoms with Gasteiger partial charge in [-0.3, -0.25) is 4.68 Å². The second-order valence-corrected chi connectivity index (χ2v) is 6.09. The van der Waals surface area contributed by atoms with Crippen LogP contribution >= 0.6 is 0 Å². The van der Waals surface area contributed by atoms with E-state index in [1.807, 2.05) is 6.07 Å². The van der Waals surface area contributed by atoms with E-state index in [0.29, 0.717) is 39.2 Å². The monoisotopic (exact) mass is 383 g/mol. The molecule has 0 atom stereocenters. The molecule has 2 aromatic heterocycles. The zero-order valence-corrected chi connectivity index (χ0v) is 14.7. The van der Waals surface area contributed by atoms with Crippen molar-refractivity contribution in [2.75, 3.05) is 7.11 Å². The minimum atomic E-state index is -4.38. The van der Waals surface area contributed by atoms with E-state index in [4.69, 9.17) is 4.74 Å². The van der Waals surface area contributed by atoms with Gasteiger partial charge in [-0.15, -0.1) is 0 Å². The van der Waals surface area contributed by atoms with Crippen LogP contribution in [0.2, 0.25) is 0 Å². The Kier molecular flexibility index (Phi) is 4.46. The molecular weight excluding hydrogens is 369 g/mol. The molecule has 2 aromatic carbocycles. The summed E-state index contributed by atoms with van der Waals surface area (Å²) in [7, 11) is 1.52. The maximum absolute atomic E-state index is 12.9. The van der Waals surface area contributed by atoms with E-state index in [9.17, 15) is 13.2 Å². The largest absolute Gasteiger partial charge is 0.496 e. The van der Waals surface area contributed by atoms with Gasteiger partial charge in [0.1, 0.15) is 24.3 Å². The van der Waals surface area contributed by atoms with Crippen LogP contribution in [0.1, 0.15) is 0 Å². The van der Waals surface area contributed by atoms with E-state index in [-0.39, 0.29) is 0 Å². The van der Waals surface area contributed by atoms with Crippen molar-refractivity contribution in [3.05, 3.63) is 61.1 Å². The standard InChI is InChI=1S/C20H14F3N4O/c1-28-14-7-8-15-17(9-14)24-12-25-19(15)16-10-27(11-20(21,22)23)26-18(16)13-5-3-2-4-6-13/h2-6,8-10,12H,11H2,1H3. The van der Waals surface area contributed by atoms with Gasteiger partial charge in [0.25, 0.3) is 0 Å². The first kappa shape index (κ1) is 18.0. The summed E-state index contributed by atoms with van der Waals surface area (Å²) < 4.78 is 44.8. The van der Waals surface area contributed by atoms with Gasteiger partial charge in [0.15, 0.2) is 0 Å². The average Bonchev–Trinajstić information content (AvgIpc) is 3.09. The van der Waals surface area contributed by atoms with Gasteiger partial charge >= 0.3 is 6.18 Å². The molecule has 0 aliphatic heterocycles. The van der Waals surface area contributed by atoms with Crippen molar-refractivity contribution in [3.8, 4) is 28.3 Å². The number of alkyl halides is 3. The number of hydrogen-bond acceptors (Lipinski definition) is 4. The number of fused-ring (bicyclic) bond motifs is 1. The fraction of sp³-hybridized carbons (Fsp3) is 0.150. The molecule has 0 saturated carbocycles. The normalized spacial score (nSPS) is 11.7. The van der Waals surface area contributed by atoms with Crippen molar-refractivity contribution in [3.63, 3.8) is 0 Å². The van der Waals surface area contributed by atoms with Crippen molar-refractivity contribution in [1.82, 2.24) is 19.7 Å². The van der Waals surface area contributed by atoms with Gasteiger partial charge < -0.3 is 4.74 Å². The number of halogens is 3. The quantitative estimate of drug-likeness (QED) is 0.520. The molecule has 5 nitrogen and oxygen atoms in total. The molecule has 0 bridgehead atoms. The second kappa shape index (κ2) is 6.95. The summed E-state index contributed by atoms with van der Waals surface area (Å²) >= 11 is 0. The van der Waals surface area contributed by atoms with Crippen LogP contribution in [0, 0.1) is 6.07 Å². The molecule has 0 aliphatic carbocycles. The summed E-state index contributed by atoms with van der Waals surface area (Å²) in [4.78, 5) is 8.55. The van der Waals surface area contributed by atoms with Crippen molar-refractivity contribution < 1.29 is 17.9 Å². The van der Waals surface area contributed by atoms with Crippen molar-refractivity contribution in [1.29, 1.82) is 0 Å². The van der Waals surface area contributed by atoms with E-state index >= 15 is 0 Å². The Morgan fingerprint density at radius 2 is 1.89 bits per heavy atom. The Balaban J connectivity index is 1.92. The van der Waals surface area contributed by atoms with E-state index in [1.165, 1.54) is 19.6 Å². The zero-order chi connectivity index (χ0) is 19.7.